The van der Waals surface area contributed by atoms with Gasteiger partial charge in [0.05, 0.1) is 13.2 Å². The van der Waals surface area contributed by atoms with Crippen molar-refractivity contribution in [2.75, 3.05) is 20.3 Å². The second-order valence-electron chi connectivity index (χ2n) is 7.85. The number of aromatic nitrogens is 1. The van der Waals surface area contributed by atoms with Crippen molar-refractivity contribution in [2.24, 2.45) is 0 Å². The van der Waals surface area contributed by atoms with Crippen molar-refractivity contribution in [3.8, 4) is 0 Å². The van der Waals surface area contributed by atoms with Gasteiger partial charge in [0.1, 0.15) is 11.2 Å². The monoisotopic (exact) mass is 369 g/mol. The lowest BCUT2D eigenvalue weighted by Gasteiger charge is -2.44. The standard InChI is InChI=1S/C21H27N3O3/c1-21(20(26)22-16-8-4-5-9-16)14-23-17-10-6-3-7-15(17)13-18(23)19(25)24(21)11-12-27-2/h3,6-7,10,13,16H,4-5,8-9,11-12,14H2,1-2H3,(H,22,26). The fourth-order valence-corrected chi connectivity index (χ4v) is 4.45. The van der Waals surface area contributed by atoms with Crippen molar-refractivity contribution in [3.05, 3.63) is 36.0 Å². The lowest BCUT2D eigenvalue weighted by Crippen LogP contribution is -2.65. The number of rotatable bonds is 5. The topological polar surface area (TPSA) is 63.6 Å². The van der Waals surface area contributed by atoms with E-state index in [1.807, 2.05) is 41.8 Å². The van der Waals surface area contributed by atoms with E-state index in [-0.39, 0.29) is 17.9 Å². The lowest BCUT2D eigenvalue weighted by molar-refractivity contribution is -0.133. The van der Waals surface area contributed by atoms with Crippen molar-refractivity contribution >= 4 is 22.7 Å². The summed E-state index contributed by atoms with van der Waals surface area (Å²) in [6.45, 7) is 3.12. The van der Waals surface area contributed by atoms with Crippen LogP contribution >= 0.6 is 0 Å². The number of methoxy groups -OCH3 is 1. The molecule has 27 heavy (non-hydrogen) atoms. The van der Waals surface area contributed by atoms with Gasteiger partial charge in [0.15, 0.2) is 0 Å². The largest absolute Gasteiger partial charge is 0.383 e. The zero-order valence-corrected chi connectivity index (χ0v) is 16.0. The summed E-state index contributed by atoms with van der Waals surface area (Å²) in [5.41, 5.74) is 0.693. The molecule has 0 radical (unpaired) electrons. The maximum atomic E-state index is 13.3. The third-order valence-electron chi connectivity index (χ3n) is 6.04. The van der Waals surface area contributed by atoms with E-state index >= 15 is 0 Å². The Hall–Kier alpha value is -2.34. The number of para-hydroxylation sites is 1. The number of ether oxygens (including phenoxy) is 1. The van der Waals surface area contributed by atoms with Gasteiger partial charge in [-0.05, 0) is 31.9 Å². The van der Waals surface area contributed by atoms with Crippen LogP contribution in [-0.4, -0.2) is 53.1 Å². The molecule has 4 rings (SSSR count). The van der Waals surface area contributed by atoms with E-state index in [1.54, 1.807) is 12.0 Å². The molecule has 1 atom stereocenters. The van der Waals surface area contributed by atoms with Crippen molar-refractivity contribution in [3.63, 3.8) is 0 Å². The fourth-order valence-electron chi connectivity index (χ4n) is 4.45. The van der Waals surface area contributed by atoms with Gasteiger partial charge < -0.3 is 19.5 Å². The molecule has 1 fully saturated rings. The van der Waals surface area contributed by atoms with Gasteiger partial charge in [0.2, 0.25) is 5.91 Å². The third kappa shape index (κ3) is 3.02. The molecule has 1 unspecified atom stereocenters. The summed E-state index contributed by atoms with van der Waals surface area (Å²) in [5.74, 6) is -0.180. The zero-order valence-electron chi connectivity index (χ0n) is 16.0. The summed E-state index contributed by atoms with van der Waals surface area (Å²) in [5, 5.41) is 4.22. The number of carbonyl (C=O) groups is 2. The summed E-state index contributed by atoms with van der Waals surface area (Å²) in [6, 6.07) is 10.1. The molecular weight excluding hydrogens is 342 g/mol. The highest BCUT2D eigenvalue weighted by Crippen LogP contribution is 2.32. The Bertz CT molecular complexity index is 869. The first-order valence-corrected chi connectivity index (χ1v) is 9.75. The van der Waals surface area contributed by atoms with Gasteiger partial charge in [-0.2, -0.15) is 0 Å². The molecule has 0 saturated heterocycles. The van der Waals surface area contributed by atoms with Crippen molar-refractivity contribution in [2.45, 2.75) is 50.7 Å². The average Bonchev–Trinajstić information content (AvgIpc) is 3.29. The van der Waals surface area contributed by atoms with Gasteiger partial charge in [-0.3, -0.25) is 9.59 Å². The summed E-state index contributed by atoms with van der Waals surface area (Å²) >= 11 is 0. The molecule has 1 N–H and O–H groups in total. The van der Waals surface area contributed by atoms with Crippen LogP contribution < -0.4 is 5.32 Å². The number of fused-ring (bicyclic) bond motifs is 3. The summed E-state index contributed by atoms with van der Waals surface area (Å²) < 4.78 is 7.21. The predicted octanol–water partition coefficient (Wildman–Crippen LogP) is 2.56. The molecule has 6 nitrogen and oxygen atoms in total. The maximum absolute atomic E-state index is 13.3. The van der Waals surface area contributed by atoms with Crippen molar-refractivity contribution in [1.29, 1.82) is 0 Å². The molecular formula is C21H27N3O3. The number of amides is 2. The summed E-state index contributed by atoms with van der Waals surface area (Å²) in [7, 11) is 1.61. The van der Waals surface area contributed by atoms with E-state index in [2.05, 4.69) is 5.32 Å². The van der Waals surface area contributed by atoms with Crippen LogP contribution in [0.5, 0.6) is 0 Å². The van der Waals surface area contributed by atoms with E-state index in [0.717, 1.165) is 36.6 Å². The number of carbonyl (C=O) groups excluding carboxylic acids is 2. The van der Waals surface area contributed by atoms with E-state index in [9.17, 15) is 9.59 Å². The molecule has 2 amide bonds. The normalized spacial score (nSPS) is 23.0. The molecule has 2 heterocycles. The molecule has 1 saturated carbocycles. The van der Waals surface area contributed by atoms with Gasteiger partial charge in [-0.15, -0.1) is 0 Å². The van der Waals surface area contributed by atoms with E-state index in [1.165, 1.54) is 0 Å². The zero-order chi connectivity index (χ0) is 19.0. The second-order valence-corrected chi connectivity index (χ2v) is 7.85. The average molecular weight is 369 g/mol. The second kappa shape index (κ2) is 7.00. The van der Waals surface area contributed by atoms with Crippen LogP contribution in [0.15, 0.2) is 30.3 Å². The molecule has 1 aliphatic heterocycles. The number of nitrogens with zero attached hydrogens (tertiary/aromatic N) is 2. The molecule has 1 aromatic carbocycles. The molecule has 1 aliphatic carbocycles. The quantitative estimate of drug-likeness (QED) is 0.881. The minimum atomic E-state index is -0.938. The Morgan fingerprint density at radius 1 is 1.30 bits per heavy atom. The third-order valence-corrected chi connectivity index (χ3v) is 6.04. The van der Waals surface area contributed by atoms with Gasteiger partial charge in [0, 0.05) is 30.6 Å². The molecule has 0 spiro atoms. The van der Waals surface area contributed by atoms with Crippen LogP contribution in [0, 0.1) is 0 Å². The lowest BCUT2D eigenvalue weighted by atomic mass is 9.94. The number of hydrogen-bond donors (Lipinski definition) is 1. The van der Waals surface area contributed by atoms with Gasteiger partial charge in [0.25, 0.3) is 5.91 Å². The van der Waals surface area contributed by atoms with Gasteiger partial charge in [-0.1, -0.05) is 31.0 Å². The highest BCUT2D eigenvalue weighted by molar-refractivity contribution is 6.03. The first kappa shape index (κ1) is 18.0. The maximum Gasteiger partial charge on any atom is 0.271 e. The molecule has 2 aromatic rings. The van der Waals surface area contributed by atoms with Crippen LogP contribution in [0.25, 0.3) is 10.9 Å². The number of hydrogen-bond acceptors (Lipinski definition) is 3. The molecule has 144 valence electrons. The molecule has 1 aromatic heterocycles. The van der Waals surface area contributed by atoms with Crippen LogP contribution in [-0.2, 0) is 16.1 Å². The molecule has 0 bridgehead atoms. The Balaban J connectivity index is 1.73. The van der Waals surface area contributed by atoms with Crippen LogP contribution in [0.1, 0.15) is 43.1 Å². The first-order valence-electron chi connectivity index (χ1n) is 9.75. The van der Waals surface area contributed by atoms with E-state index in [0.29, 0.717) is 25.4 Å². The highest BCUT2D eigenvalue weighted by Gasteiger charge is 2.47. The minimum Gasteiger partial charge on any atom is -0.383 e. The Morgan fingerprint density at radius 3 is 2.78 bits per heavy atom. The van der Waals surface area contributed by atoms with Gasteiger partial charge in [-0.25, -0.2) is 0 Å². The van der Waals surface area contributed by atoms with Gasteiger partial charge >= 0.3 is 0 Å². The molecule has 2 aliphatic rings. The first-order chi connectivity index (χ1) is 13.0. The summed E-state index contributed by atoms with van der Waals surface area (Å²) in [4.78, 5) is 28.3. The number of nitrogens with one attached hydrogen (secondary N) is 1. The van der Waals surface area contributed by atoms with Crippen molar-refractivity contribution in [1.82, 2.24) is 14.8 Å². The highest BCUT2D eigenvalue weighted by atomic mass is 16.5. The Labute approximate surface area is 159 Å². The predicted molar refractivity (Wildman–Crippen MR) is 104 cm³/mol. The summed E-state index contributed by atoms with van der Waals surface area (Å²) in [6.07, 6.45) is 4.35. The Kier molecular flexibility index (Phi) is 4.68. The SMILES string of the molecule is COCCN1C(=O)c2cc3ccccc3n2CC1(C)C(=O)NC1CCCC1. The number of benzene rings is 1. The van der Waals surface area contributed by atoms with Crippen LogP contribution in [0.3, 0.4) is 0 Å². The van der Waals surface area contributed by atoms with Crippen LogP contribution in [0.4, 0.5) is 0 Å². The van der Waals surface area contributed by atoms with E-state index in [4.69, 9.17) is 4.74 Å². The fraction of sp³-hybridized carbons (Fsp3) is 0.524. The minimum absolute atomic E-state index is 0.0673. The smallest absolute Gasteiger partial charge is 0.271 e. The van der Waals surface area contributed by atoms with Crippen LogP contribution in [0.2, 0.25) is 0 Å². The Morgan fingerprint density at radius 2 is 2.04 bits per heavy atom. The molecule has 6 heteroatoms. The van der Waals surface area contributed by atoms with E-state index < -0.39 is 5.54 Å². The van der Waals surface area contributed by atoms with Crippen molar-refractivity contribution < 1.29 is 14.3 Å².